The molecule has 3 nitrogen and oxygen atoms in total. The van der Waals surface area contributed by atoms with Crippen molar-refractivity contribution in [2.45, 2.75) is 40.2 Å². The molecule has 1 saturated heterocycles. The first-order valence-electron chi connectivity index (χ1n) is 7.92. The zero-order valence-electron chi connectivity index (χ0n) is 13.1. The maximum atomic E-state index is 5.85. The van der Waals surface area contributed by atoms with Crippen LogP contribution in [0.15, 0.2) is 18.2 Å². The molecule has 0 atom stereocenters. The van der Waals surface area contributed by atoms with E-state index < -0.39 is 0 Å². The van der Waals surface area contributed by atoms with Gasteiger partial charge in [0, 0.05) is 19.6 Å². The first kappa shape index (κ1) is 15.2. The highest BCUT2D eigenvalue weighted by Crippen LogP contribution is 2.32. The van der Waals surface area contributed by atoms with E-state index in [0.29, 0.717) is 5.92 Å². The Morgan fingerprint density at radius 1 is 1.25 bits per heavy atom. The molecule has 0 amide bonds. The number of anilines is 1. The van der Waals surface area contributed by atoms with E-state index in [-0.39, 0.29) is 0 Å². The molecular formula is C17H28N2O. The lowest BCUT2D eigenvalue weighted by molar-refractivity contribution is 0.340. The Kier molecular flexibility index (Phi) is 5.72. The van der Waals surface area contributed by atoms with E-state index in [9.17, 15) is 0 Å². The molecule has 1 aromatic carbocycles. The highest BCUT2D eigenvalue weighted by molar-refractivity contribution is 5.60. The van der Waals surface area contributed by atoms with Crippen LogP contribution in [0.4, 0.5) is 5.69 Å². The van der Waals surface area contributed by atoms with Crippen molar-refractivity contribution in [3.63, 3.8) is 0 Å². The van der Waals surface area contributed by atoms with E-state index in [4.69, 9.17) is 4.74 Å². The Bertz CT molecular complexity index is 411. The first-order chi connectivity index (χ1) is 9.70. The second-order valence-corrected chi connectivity index (χ2v) is 5.95. The molecule has 3 heteroatoms. The van der Waals surface area contributed by atoms with Gasteiger partial charge in [0.15, 0.2) is 0 Å². The van der Waals surface area contributed by atoms with Crippen LogP contribution in [-0.4, -0.2) is 26.2 Å². The van der Waals surface area contributed by atoms with Gasteiger partial charge in [0.2, 0.25) is 0 Å². The zero-order valence-corrected chi connectivity index (χ0v) is 13.1. The molecule has 0 aromatic heterocycles. The Morgan fingerprint density at radius 2 is 2.00 bits per heavy atom. The third-order valence-corrected chi connectivity index (χ3v) is 3.65. The van der Waals surface area contributed by atoms with Gasteiger partial charge < -0.3 is 15.0 Å². The van der Waals surface area contributed by atoms with E-state index in [1.165, 1.54) is 24.1 Å². The molecule has 0 radical (unpaired) electrons. The van der Waals surface area contributed by atoms with Gasteiger partial charge in [0.05, 0.1) is 12.3 Å². The fraction of sp³-hybridized carbons (Fsp3) is 0.647. The minimum absolute atomic E-state index is 0.685. The number of hydrogen-bond acceptors (Lipinski definition) is 3. The highest BCUT2D eigenvalue weighted by Gasteiger charge is 2.16. The molecule has 0 saturated carbocycles. The third-order valence-electron chi connectivity index (χ3n) is 3.65. The predicted molar refractivity (Wildman–Crippen MR) is 85.6 cm³/mol. The zero-order chi connectivity index (χ0) is 14.4. The predicted octanol–water partition coefficient (Wildman–Crippen LogP) is 3.43. The highest BCUT2D eigenvalue weighted by atomic mass is 16.5. The van der Waals surface area contributed by atoms with Gasteiger partial charge in [-0.25, -0.2) is 0 Å². The Hall–Kier alpha value is -1.22. The van der Waals surface area contributed by atoms with Gasteiger partial charge in [-0.05, 0) is 49.9 Å². The van der Waals surface area contributed by atoms with Crippen LogP contribution in [0.25, 0.3) is 0 Å². The van der Waals surface area contributed by atoms with Crippen molar-refractivity contribution in [2.75, 3.05) is 31.1 Å². The fourth-order valence-corrected chi connectivity index (χ4v) is 2.66. The molecule has 1 heterocycles. The van der Waals surface area contributed by atoms with Crippen molar-refractivity contribution in [3.8, 4) is 5.75 Å². The summed E-state index contributed by atoms with van der Waals surface area (Å²) >= 11 is 0. The summed E-state index contributed by atoms with van der Waals surface area (Å²) in [6.07, 6.45) is 2.59. The van der Waals surface area contributed by atoms with Crippen molar-refractivity contribution in [1.82, 2.24) is 5.32 Å². The summed E-state index contributed by atoms with van der Waals surface area (Å²) in [7, 11) is 0. The van der Waals surface area contributed by atoms with E-state index in [1.54, 1.807) is 0 Å². The topological polar surface area (TPSA) is 24.5 Å². The molecular weight excluding hydrogens is 248 g/mol. The number of hydrogen-bond donors (Lipinski definition) is 1. The Balaban J connectivity index is 2.06. The van der Waals surface area contributed by atoms with Crippen LogP contribution < -0.4 is 15.0 Å². The van der Waals surface area contributed by atoms with Crippen molar-refractivity contribution in [3.05, 3.63) is 23.8 Å². The molecule has 112 valence electrons. The summed E-state index contributed by atoms with van der Waals surface area (Å²) in [4.78, 5) is 2.44. The lowest BCUT2D eigenvalue weighted by Gasteiger charge is -2.22. The summed E-state index contributed by atoms with van der Waals surface area (Å²) in [5.74, 6) is 1.73. The van der Waals surface area contributed by atoms with Gasteiger partial charge in [-0.3, -0.25) is 0 Å². The van der Waals surface area contributed by atoms with Crippen molar-refractivity contribution in [1.29, 1.82) is 0 Å². The van der Waals surface area contributed by atoms with Gasteiger partial charge in [0.1, 0.15) is 5.75 Å². The standard InChI is InChI=1S/C17H28N2O/c1-4-20-17-11-15(13-18-12-14(2)3)7-8-16(17)19-9-5-6-10-19/h7-8,11,14,18H,4-6,9-10,12-13H2,1-3H3. The van der Waals surface area contributed by atoms with Crippen LogP contribution in [0.1, 0.15) is 39.2 Å². The number of nitrogens with zero attached hydrogens (tertiary/aromatic N) is 1. The normalized spacial score (nSPS) is 15.1. The van der Waals surface area contributed by atoms with Gasteiger partial charge in [-0.1, -0.05) is 19.9 Å². The van der Waals surface area contributed by atoms with Gasteiger partial charge in [-0.15, -0.1) is 0 Å². The molecule has 1 N–H and O–H groups in total. The third kappa shape index (κ3) is 4.14. The van der Waals surface area contributed by atoms with Crippen LogP contribution in [0.3, 0.4) is 0 Å². The Labute approximate surface area is 123 Å². The Morgan fingerprint density at radius 3 is 2.65 bits per heavy atom. The van der Waals surface area contributed by atoms with Crippen LogP contribution >= 0.6 is 0 Å². The molecule has 1 fully saturated rings. The number of nitrogens with one attached hydrogen (secondary N) is 1. The van der Waals surface area contributed by atoms with Crippen molar-refractivity contribution in [2.24, 2.45) is 5.92 Å². The quantitative estimate of drug-likeness (QED) is 0.825. The maximum Gasteiger partial charge on any atom is 0.142 e. The number of ether oxygens (including phenoxy) is 1. The second kappa shape index (κ2) is 7.53. The lowest BCUT2D eigenvalue weighted by Crippen LogP contribution is -2.20. The SMILES string of the molecule is CCOc1cc(CNCC(C)C)ccc1N1CCCC1. The minimum atomic E-state index is 0.685. The monoisotopic (exact) mass is 276 g/mol. The number of rotatable bonds is 7. The maximum absolute atomic E-state index is 5.85. The minimum Gasteiger partial charge on any atom is -0.492 e. The van der Waals surface area contributed by atoms with Gasteiger partial charge in [0.25, 0.3) is 0 Å². The van der Waals surface area contributed by atoms with Gasteiger partial charge >= 0.3 is 0 Å². The summed E-state index contributed by atoms with van der Waals surface area (Å²) in [5, 5.41) is 3.49. The summed E-state index contributed by atoms with van der Waals surface area (Å²) in [6, 6.07) is 6.65. The average molecular weight is 276 g/mol. The molecule has 2 rings (SSSR count). The largest absolute Gasteiger partial charge is 0.492 e. The molecule has 0 bridgehead atoms. The lowest BCUT2D eigenvalue weighted by atomic mass is 10.1. The fourth-order valence-electron chi connectivity index (χ4n) is 2.66. The van der Waals surface area contributed by atoms with E-state index >= 15 is 0 Å². The molecule has 1 aliphatic heterocycles. The summed E-state index contributed by atoms with van der Waals surface area (Å²) in [6.45, 7) is 11.5. The molecule has 0 aliphatic carbocycles. The first-order valence-corrected chi connectivity index (χ1v) is 7.92. The van der Waals surface area contributed by atoms with Crippen molar-refractivity contribution < 1.29 is 4.74 Å². The molecule has 0 unspecified atom stereocenters. The molecule has 20 heavy (non-hydrogen) atoms. The number of benzene rings is 1. The molecule has 1 aromatic rings. The molecule has 1 aliphatic rings. The summed E-state index contributed by atoms with van der Waals surface area (Å²) < 4.78 is 5.85. The van der Waals surface area contributed by atoms with Crippen LogP contribution in [0.2, 0.25) is 0 Å². The average Bonchev–Trinajstić information content (AvgIpc) is 2.93. The van der Waals surface area contributed by atoms with Crippen molar-refractivity contribution >= 4 is 5.69 Å². The van der Waals surface area contributed by atoms with E-state index in [1.807, 2.05) is 0 Å². The van der Waals surface area contributed by atoms with E-state index in [0.717, 1.165) is 38.5 Å². The smallest absolute Gasteiger partial charge is 0.142 e. The van der Waals surface area contributed by atoms with Gasteiger partial charge in [-0.2, -0.15) is 0 Å². The van der Waals surface area contributed by atoms with E-state index in [2.05, 4.69) is 49.2 Å². The summed E-state index contributed by atoms with van der Waals surface area (Å²) in [5.41, 5.74) is 2.56. The van der Waals surface area contributed by atoms with Crippen LogP contribution in [0, 0.1) is 5.92 Å². The van der Waals surface area contributed by atoms with Crippen LogP contribution in [0.5, 0.6) is 5.75 Å². The molecule has 0 spiro atoms. The van der Waals surface area contributed by atoms with Crippen LogP contribution in [-0.2, 0) is 6.54 Å². The second-order valence-electron chi connectivity index (χ2n) is 5.95.